The maximum Gasteiger partial charge on any atom is 0.432 e. The van der Waals surface area contributed by atoms with E-state index in [0.717, 1.165) is 5.69 Å². The topological polar surface area (TPSA) is 77.9 Å². The van der Waals surface area contributed by atoms with E-state index in [-0.39, 0.29) is 11.6 Å². The third-order valence-electron chi connectivity index (χ3n) is 4.59. The van der Waals surface area contributed by atoms with Crippen molar-refractivity contribution < 1.29 is 18.0 Å². The van der Waals surface area contributed by atoms with Crippen molar-refractivity contribution in [2.24, 2.45) is 0 Å². The van der Waals surface area contributed by atoms with Crippen molar-refractivity contribution in [2.45, 2.75) is 12.6 Å². The molecule has 33 heavy (non-hydrogen) atoms. The molecule has 3 aromatic rings. The van der Waals surface area contributed by atoms with Crippen LogP contribution in [0, 0.1) is 5.41 Å². The first-order valence-electron chi connectivity index (χ1n) is 9.91. The molecule has 3 N–H and O–H groups in total. The van der Waals surface area contributed by atoms with Crippen LogP contribution in [0.15, 0.2) is 79.0 Å². The number of amides is 1. The number of hydrogen-bond acceptors (Lipinski definition) is 4. The SMILES string of the molecule is N=C(/C=C(\Nc1ccccc1Cl)c1ccc(C(=O)NCCc2ccccn2)cc1)C(F)(F)F. The van der Waals surface area contributed by atoms with Gasteiger partial charge in [-0.25, -0.2) is 0 Å². The molecule has 9 heteroatoms. The second-order valence-corrected chi connectivity index (χ2v) is 7.39. The summed E-state index contributed by atoms with van der Waals surface area (Å²) in [5, 5.41) is 13.3. The van der Waals surface area contributed by atoms with Crippen molar-refractivity contribution >= 4 is 34.6 Å². The number of halogens is 4. The van der Waals surface area contributed by atoms with Crippen molar-refractivity contribution in [3.05, 3.63) is 101 Å². The van der Waals surface area contributed by atoms with Crippen LogP contribution in [0.2, 0.25) is 5.02 Å². The molecule has 1 amide bonds. The zero-order valence-electron chi connectivity index (χ0n) is 17.3. The summed E-state index contributed by atoms with van der Waals surface area (Å²) in [4.78, 5) is 16.6. The quantitative estimate of drug-likeness (QED) is 0.366. The number of rotatable bonds is 8. The largest absolute Gasteiger partial charge is 0.432 e. The van der Waals surface area contributed by atoms with Crippen LogP contribution in [-0.4, -0.2) is 29.3 Å². The Hall–Kier alpha value is -3.65. The van der Waals surface area contributed by atoms with Crippen LogP contribution in [0.25, 0.3) is 5.70 Å². The normalized spacial score (nSPS) is 11.7. The van der Waals surface area contributed by atoms with Gasteiger partial charge >= 0.3 is 6.18 Å². The van der Waals surface area contributed by atoms with Crippen LogP contribution in [0.1, 0.15) is 21.6 Å². The predicted molar refractivity (Wildman–Crippen MR) is 124 cm³/mol. The zero-order valence-corrected chi connectivity index (χ0v) is 18.0. The number of allylic oxidation sites excluding steroid dienone is 1. The van der Waals surface area contributed by atoms with Gasteiger partial charge in [0.1, 0.15) is 5.71 Å². The van der Waals surface area contributed by atoms with E-state index < -0.39 is 11.9 Å². The van der Waals surface area contributed by atoms with E-state index in [1.54, 1.807) is 30.5 Å². The molecule has 3 rings (SSSR count). The van der Waals surface area contributed by atoms with E-state index >= 15 is 0 Å². The lowest BCUT2D eigenvalue weighted by molar-refractivity contribution is -0.0583. The molecule has 0 radical (unpaired) electrons. The molecule has 1 heterocycles. The van der Waals surface area contributed by atoms with Crippen molar-refractivity contribution in [3.8, 4) is 0 Å². The summed E-state index contributed by atoms with van der Waals surface area (Å²) in [6.45, 7) is 0.388. The first kappa shape index (κ1) is 24.0. The van der Waals surface area contributed by atoms with Gasteiger partial charge in [-0.2, -0.15) is 13.2 Å². The first-order valence-corrected chi connectivity index (χ1v) is 10.3. The minimum absolute atomic E-state index is 0.0209. The number of para-hydroxylation sites is 1. The molecule has 0 spiro atoms. The van der Waals surface area contributed by atoms with E-state index in [1.165, 1.54) is 24.3 Å². The van der Waals surface area contributed by atoms with Gasteiger partial charge in [0.15, 0.2) is 0 Å². The lowest BCUT2D eigenvalue weighted by Gasteiger charge is -2.15. The summed E-state index contributed by atoms with van der Waals surface area (Å²) in [5.41, 5.74) is 0.440. The van der Waals surface area contributed by atoms with Crippen LogP contribution in [0.4, 0.5) is 18.9 Å². The molecule has 0 aliphatic carbocycles. The molecule has 1 aromatic heterocycles. The van der Waals surface area contributed by atoms with E-state index in [4.69, 9.17) is 17.0 Å². The highest BCUT2D eigenvalue weighted by atomic mass is 35.5. The molecule has 0 bridgehead atoms. The van der Waals surface area contributed by atoms with E-state index in [2.05, 4.69) is 15.6 Å². The van der Waals surface area contributed by atoms with Crippen LogP contribution < -0.4 is 10.6 Å². The number of aromatic nitrogens is 1. The number of alkyl halides is 3. The predicted octanol–water partition coefficient (Wildman–Crippen LogP) is 5.74. The van der Waals surface area contributed by atoms with Gasteiger partial charge in [0.25, 0.3) is 5.91 Å². The molecule has 0 aliphatic rings. The highest BCUT2D eigenvalue weighted by molar-refractivity contribution is 6.33. The molecule has 0 saturated heterocycles. The summed E-state index contributed by atoms with van der Waals surface area (Å²) in [6, 6.07) is 18.1. The number of pyridine rings is 1. The van der Waals surface area contributed by atoms with Crippen LogP contribution >= 0.6 is 11.6 Å². The molecule has 2 aromatic carbocycles. The molecule has 170 valence electrons. The van der Waals surface area contributed by atoms with Gasteiger partial charge < -0.3 is 10.6 Å². The van der Waals surface area contributed by atoms with E-state index in [1.807, 2.05) is 18.2 Å². The number of anilines is 1. The smallest absolute Gasteiger partial charge is 0.354 e. The second kappa shape index (κ2) is 10.8. The molecular formula is C24H20ClF3N4O. The van der Waals surface area contributed by atoms with Crippen molar-refractivity contribution in [2.75, 3.05) is 11.9 Å². The standard InChI is InChI=1S/C24H20ClF3N4O/c25-19-6-1-2-7-20(19)32-21(15-22(29)24(26,27)28)16-8-10-17(11-9-16)23(33)31-14-12-18-5-3-4-13-30-18/h1-11,13,15,29,32H,12,14H2,(H,31,33)/b21-15-,29-22?. The van der Waals surface area contributed by atoms with Crippen LogP contribution in [0.3, 0.4) is 0 Å². The molecule has 5 nitrogen and oxygen atoms in total. The second-order valence-electron chi connectivity index (χ2n) is 6.98. The fourth-order valence-corrected chi connectivity index (χ4v) is 3.06. The van der Waals surface area contributed by atoms with Gasteiger partial charge in [-0.1, -0.05) is 41.9 Å². The fourth-order valence-electron chi connectivity index (χ4n) is 2.88. The monoisotopic (exact) mass is 472 g/mol. The molecule has 0 aliphatic heterocycles. The lowest BCUT2D eigenvalue weighted by atomic mass is 10.1. The maximum atomic E-state index is 13.0. The summed E-state index contributed by atoms with van der Waals surface area (Å²) in [7, 11) is 0. The summed E-state index contributed by atoms with van der Waals surface area (Å²) in [5.74, 6) is -0.315. The van der Waals surface area contributed by atoms with Gasteiger partial charge in [0.2, 0.25) is 0 Å². The zero-order chi connectivity index (χ0) is 23.8. The highest BCUT2D eigenvalue weighted by Gasteiger charge is 2.33. The Morgan fingerprint density at radius 3 is 2.30 bits per heavy atom. The molecular weight excluding hydrogens is 453 g/mol. The molecule has 0 saturated carbocycles. The molecule has 0 unspecified atom stereocenters. The molecule has 0 atom stereocenters. The Labute approximate surface area is 193 Å². The number of carbonyl (C=O) groups excluding carboxylic acids is 1. The van der Waals surface area contributed by atoms with Crippen molar-refractivity contribution in [3.63, 3.8) is 0 Å². The van der Waals surface area contributed by atoms with Gasteiger partial charge in [-0.15, -0.1) is 0 Å². The van der Waals surface area contributed by atoms with E-state index in [0.29, 0.717) is 40.9 Å². The summed E-state index contributed by atoms with van der Waals surface area (Å²) in [6.07, 6.45) is -1.87. The van der Waals surface area contributed by atoms with Gasteiger partial charge in [0, 0.05) is 36.1 Å². The summed E-state index contributed by atoms with van der Waals surface area (Å²) >= 11 is 6.12. The Bertz CT molecular complexity index is 1150. The average molecular weight is 473 g/mol. The minimum atomic E-state index is -4.80. The number of nitrogens with zero attached hydrogens (tertiary/aromatic N) is 1. The number of carbonyl (C=O) groups is 1. The Balaban J connectivity index is 1.75. The Morgan fingerprint density at radius 2 is 1.67 bits per heavy atom. The Morgan fingerprint density at radius 1 is 1.00 bits per heavy atom. The van der Waals surface area contributed by atoms with Gasteiger partial charge in [-0.05, 0) is 48.0 Å². The summed E-state index contributed by atoms with van der Waals surface area (Å²) < 4.78 is 38.9. The minimum Gasteiger partial charge on any atom is -0.354 e. The van der Waals surface area contributed by atoms with Crippen LogP contribution in [0.5, 0.6) is 0 Å². The van der Waals surface area contributed by atoms with Crippen molar-refractivity contribution in [1.82, 2.24) is 10.3 Å². The third kappa shape index (κ3) is 6.92. The molecule has 0 fully saturated rings. The maximum absolute atomic E-state index is 13.0. The average Bonchev–Trinajstić information content (AvgIpc) is 2.80. The van der Waals surface area contributed by atoms with Crippen LogP contribution in [-0.2, 0) is 6.42 Å². The lowest BCUT2D eigenvalue weighted by Crippen LogP contribution is -2.25. The van der Waals surface area contributed by atoms with Gasteiger partial charge in [0.05, 0.1) is 10.7 Å². The number of hydrogen-bond donors (Lipinski definition) is 3. The first-order chi connectivity index (χ1) is 15.7. The van der Waals surface area contributed by atoms with E-state index in [9.17, 15) is 18.0 Å². The third-order valence-corrected chi connectivity index (χ3v) is 4.92. The fraction of sp³-hybridized carbons (Fsp3) is 0.125. The number of benzene rings is 2. The highest BCUT2D eigenvalue weighted by Crippen LogP contribution is 2.27. The Kier molecular flexibility index (Phi) is 7.84. The number of nitrogens with one attached hydrogen (secondary N) is 3. The van der Waals surface area contributed by atoms with Crippen molar-refractivity contribution in [1.29, 1.82) is 5.41 Å². The van der Waals surface area contributed by atoms with Gasteiger partial charge in [-0.3, -0.25) is 15.2 Å².